The molecular formula is C22H35NO4. The standard InChI is InChI=1S/C22H35NO4/c1-13(24)27-17-12-18-22(3,9-5-11-23(18)4)15-8-10-21(2)14(19(15)17)6-7-16(21)20(25)26/h14-19H,5-12H2,1-4H3,(H,25,26)/t14?,15?,16?,17?,18?,19?,21-,22+/m0/s1. The Labute approximate surface area is 162 Å². The third kappa shape index (κ3) is 2.75. The molecule has 1 saturated heterocycles. The summed E-state index contributed by atoms with van der Waals surface area (Å²) < 4.78 is 5.94. The van der Waals surface area contributed by atoms with Crippen LogP contribution in [0, 0.1) is 34.5 Å². The van der Waals surface area contributed by atoms with Gasteiger partial charge in [0.15, 0.2) is 0 Å². The quantitative estimate of drug-likeness (QED) is 0.745. The maximum Gasteiger partial charge on any atom is 0.307 e. The number of likely N-dealkylation sites (tertiary alicyclic amines) is 1. The van der Waals surface area contributed by atoms with Crippen LogP contribution >= 0.6 is 0 Å². The zero-order chi connectivity index (χ0) is 19.6. The van der Waals surface area contributed by atoms with Crippen LogP contribution in [0.5, 0.6) is 0 Å². The van der Waals surface area contributed by atoms with Gasteiger partial charge >= 0.3 is 11.9 Å². The van der Waals surface area contributed by atoms with Crippen LogP contribution in [0.25, 0.3) is 0 Å². The summed E-state index contributed by atoms with van der Waals surface area (Å²) in [6.45, 7) is 7.30. The average Bonchev–Trinajstić information content (AvgIpc) is 2.93. The van der Waals surface area contributed by atoms with E-state index in [9.17, 15) is 14.7 Å². The number of esters is 1. The highest BCUT2D eigenvalue weighted by Crippen LogP contribution is 2.66. The van der Waals surface area contributed by atoms with E-state index in [1.807, 2.05) is 0 Å². The molecule has 5 nitrogen and oxygen atoms in total. The Morgan fingerprint density at radius 1 is 1.07 bits per heavy atom. The van der Waals surface area contributed by atoms with Gasteiger partial charge in [0.25, 0.3) is 0 Å². The molecule has 3 saturated carbocycles. The van der Waals surface area contributed by atoms with Crippen molar-refractivity contribution in [1.29, 1.82) is 0 Å². The maximum absolute atomic E-state index is 11.9. The van der Waals surface area contributed by atoms with Gasteiger partial charge in [0.05, 0.1) is 5.92 Å². The molecule has 4 fully saturated rings. The zero-order valence-electron chi connectivity index (χ0n) is 17.2. The van der Waals surface area contributed by atoms with Crippen molar-refractivity contribution in [3.05, 3.63) is 0 Å². The summed E-state index contributed by atoms with van der Waals surface area (Å²) >= 11 is 0. The van der Waals surface area contributed by atoms with Crippen LogP contribution in [-0.2, 0) is 14.3 Å². The number of fused-ring (bicyclic) bond motifs is 5. The largest absolute Gasteiger partial charge is 0.481 e. The number of ether oxygens (including phenoxy) is 1. The molecule has 3 aliphatic carbocycles. The summed E-state index contributed by atoms with van der Waals surface area (Å²) in [6.07, 6.45) is 7.09. The number of carboxylic acids is 1. The van der Waals surface area contributed by atoms with Crippen molar-refractivity contribution < 1.29 is 19.4 Å². The van der Waals surface area contributed by atoms with Crippen LogP contribution in [0.2, 0.25) is 0 Å². The molecule has 27 heavy (non-hydrogen) atoms. The predicted molar refractivity (Wildman–Crippen MR) is 102 cm³/mol. The fraction of sp³-hybridized carbons (Fsp3) is 0.909. The summed E-state index contributed by atoms with van der Waals surface area (Å²) in [5.41, 5.74) is 0.0894. The molecule has 0 bridgehead atoms. The van der Waals surface area contributed by atoms with E-state index in [-0.39, 0.29) is 28.8 Å². The monoisotopic (exact) mass is 377 g/mol. The van der Waals surface area contributed by atoms with Crippen molar-refractivity contribution >= 4 is 11.9 Å². The number of rotatable bonds is 2. The van der Waals surface area contributed by atoms with Gasteiger partial charge in [-0.1, -0.05) is 13.8 Å². The molecule has 0 aromatic heterocycles. The van der Waals surface area contributed by atoms with Crippen LogP contribution < -0.4 is 0 Å². The van der Waals surface area contributed by atoms with Gasteiger partial charge in [-0.25, -0.2) is 0 Å². The molecule has 1 N–H and O–H groups in total. The summed E-state index contributed by atoms with van der Waals surface area (Å²) in [4.78, 5) is 26.3. The number of carbonyl (C=O) groups is 2. The normalized spacial score (nSPS) is 49.6. The number of piperidine rings is 1. The van der Waals surface area contributed by atoms with Gasteiger partial charge < -0.3 is 14.7 Å². The first kappa shape index (κ1) is 19.2. The predicted octanol–water partition coefficient (Wildman–Crippen LogP) is 3.57. The van der Waals surface area contributed by atoms with Crippen molar-refractivity contribution in [3.8, 4) is 0 Å². The van der Waals surface area contributed by atoms with Crippen molar-refractivity contribution in [3.63, 3.8) is 0 Å². The number of carboxylic acid groups (broad SMARTS) is 1. The fourth-order valence-corrected chi connectivity index (χ4v) is 8.02. The first-order valence-corrected chi connectivity index (χ1v) is 10.8. The number of carbonyl (C=O) groups excluding carboxylic acids is 1. The molecule has 6 unspecified atom stereocenters. The van der Waals surface area contributed by atoms with E-state index in [2.05, 4.69) is 25.8 Å². The highest BCUT2D eigenvalue weighted by atomic mass is 16.5. The van der Waals surface area contributed by atoms with E-state index in [1.165, 1.54) is 19.8 Å². The van der Waals surface area contributed by atoms with Gasteiger partial charge in [0, 0.05) is 25.3 Å². The number of aliphatic carboxylic acids is 1. The minimum Gasteiger partial charge on any atom is -0.481 e. The third-order valence-electron chi connectivity index (χ3n) is 9.20. The Morgan fingerprint density at radius 2 is 1.78 bits per heavy atom. The summed E-state index contributed by atoms with van der Waals surface area (Å²) in [5.74, 6) is 0.104. The van der Waals surface area contributed by atoms with Crippen molar-refractivity contribution in [1.82, 2.24) is 4.90 Å². The molecule has 0 radical (unpaired) electrons. The molecule has 0 aromatic rings. The molecule has 152 valence electrons. The first-order chi connectivity index (χ1) is 12.7. The molecular weight excluding hydrogens is 342 g/mol. The van der Waals surface area contributed by atoms with E-state index in [4.69, 9.17) is 4.74 Å². The van der Waals surface area contributed by atoms with Gasteiger partial charge in [-0.05, 0) is 74.8 Å². The lowest BCUT2D eigenvalue weighted by Crippen LogP contribution is -2.64. The Balaban J connectivity index is 1.73. The molecule has 0 spiro atoms. The fourth-order valence-electron chi connectivity index (χ4n) is 8.02. The Morgan fingerprint density at radius 3 is 2.44 bits per heavy atom. The molecule has 0 amide bonds. The number of hydrogen-bond donors (Lipinski definition) is 1. The van der Waals surface area contributed by atoms with E-state index in [1.54, 1.807) is 0 Å². The summed E-state index contributed by atoms with van der Waals surface area (Å²) in [6, 6.07) is 0.456. The minimum atomic E-state index is -0.639. The third-order valence-corrected chi connectivity index (χ3v) is 9.20. The summed E-state index contributed by atoms with van der Waals surface area (Å²) in [5, 5.41) is 9.81. The Kier molecular flexibility index (Phi) is 4.60. The van der Waals surface area contributed by atoms with E-state index < -0.39 is 5.97 Å². The van der Waals surface area contributed by atoms with Crippen LogP contribution in [-0.4, -0.2) is 47.7 Å². The average molecular weight is 378 g/mol. The smallest absolute Gasteiger partial charge is 0.307 e. The second kappa shape index (κ2) is 6.47. The van der Waals surface area contributed by atoms with Gasteiger partial charge in [-0.15, -0.1) is 0 Å². The lowest BCUT2D eigenvalue weighted by atomic mass is 9.46. The molecule has 0 aromatic carbocycles. The molecule has 8 atom stereocenters. The maximum atomic E-state index is 11.9. The van der Waals surface area contributed by atoms with E-state index >= 15 is 0 Å². The highest BCUT2D eigenvalue weighted by Gasteiger charge is 2.64. The highest BCUT2D eigenvalue weighted by molar-refractivity contribution is 5.71. The van der Waals surface area contributed by atoms with Crippen LogP contribution in [0.15, 0.2) is 0 Å². The van der Waals surface area contributed by atoms with Crippen molar-refractivity contribution in [2.24, 2.45) is 34.5 Å². The SMILES string of the molecule is CC(=O)OC1CC2N(C)CCC[C@]2(C)C2CC[C@]3(C)C(C(=O)O)CCC3C12. The number of nitrogens with zero attached hydrogens (tertiary/aromatic N) is 1. The Hall–Kier alpha value is -1.10. The molecule has 5 heteroatoms. The number of hydrogen-bond acceptors (Lipinski definition) is 4. The molecule has 4 aliphatic rings. The lowest BCUT2D eigenvalue weighted by Gasteiger charge is -2.63. The van der Waals surface area contributed by atoms with Crippen molar-refractivity contribution in [2.75, 3.05) is 13.6 Å². The Bertz CT molecular complexity index is 636. The molecule has 1 heterocycles. The van der Waals surface area contributed by atoms with Gasteiger partial charge in [0.1, 0.15) is 6.10 Å². The molecule has 4 rings (SSSR count). The van der Waals surface area contributed by atoms with Gasteiger partial charge in [-0.2, -0.15) is 0 Å². The second-order valence-corrected chi connectivity index (χ2v) is 10.3. The van der Waals surface area contributed by atoms with E-state index in [0.717, 1.165) is 38.6 Å². The lowest BCUT2D eigenvalue weighted by molar-refractivity contribution is -0.193. The van der Waals surface area contributed by atoms with E-state index in [0.29, 0.717) is 23.8 Å². The van der Waals surface area contributed by atoms with Crippen molar-refractivity contribution in [2.45, 2.75) is 77.9 Å². The zero-order valence-corrected chi connectivity index (χ0v) is 17.2. The topological polar surface area (TPSA) is 66.8 Å². The van der Waals surface area contributed by atoms with Crippen LogP contribution in [0.3, 0.4) is 0 Å². The second-order valence-electron chi connectivity index (χ2n) is 10.3. The first-order valence-electron chi connectivity index (χ1n) is 10.8. The van der Waals surface area contributed by atoms with Gasteiger partial charge in [-0.3, -0.25) is 9.59 Å². The minimum absolute atomic E-state index is 0.0664. The van der Waals surface area contributed by atoms with Crippen LogP contribution in [0.1, 0.15) is 65.7 Å². The molecule has 1 aliphatic heterocycles. The van der Waals surface area contributed by atoms with Gasteiger partial charge in [0.2, 0.25) is 0 Å². The summed E-state index contributed by atoms with van der Waals surface area (Å²) in [7, 11) is 2.22. The van der Waals surface area contributed by atoms with Crippen LogP contribution in [0.4, 0.5) is 0 Å².